The average Bonchev–Trinajstić information content (AvgIpc) is 3.08. The third-order valence-electron chi connectivity index (χ3n) is 4.65. The highest BCUT2D eigenvalue weighted by molar-refractivity contribution is 6.30. The van der Waals surface area contributed by atoms with Gasteiger partial charge in [-0.3, -0.25) is 9.69 Å². The van der Waals surface area contributed by atoms with Crippen LogP contribution in [0.25, 0.3) is 0 Å². The van der Waals surface area contributed by atoms with E-state index in [0.717, 1.165) is 50.8 Å². The molecule has 0 aliphatic carbocycles. The summed E-state index contributed by atoms with van der Waals surface area (Å²) in [5.74, 6) is 0.328. The van der Waals surface area contributed by atoms with Crippen LogP contribution in [0.2, 0.25) is 5.02 Å². The summed E-state index contributed by atoms with van der Waals surface area (Å²) < 4.78 is 0. The molecule has 1 aromatic carbocycles. The molecule has 2 aliphatic heterocycles. The Labute approximate surface area is 137 Å². The minimum Gasteiger partial charge on any atom is -0.369 e. The Balaban J connectivity index is 1.43. The number of nitrogens with zero attached hydrogens (tertiary/aromatic N) is 3. The molecule has 2 saturated heterocycles. The standard InChI is InChI=1S/C17H24ClN3O/c18-15-4-3-5-16(14-15)20-12-10-19(11-13-20)9-6-17(22)21-7-1-2-8-21/h3-5,14H,1-2,6-13H2. The first-order valence-corrected chi connectivity index (χ1v) is 8.61. The molecule has 22 heavy (non-hydrogen) atoms. The lowest BCUT2D eigenvalue weighted by Gasteiger charge is -2.36. The van der Waals surface area contributed by atoms with Crippen molar-refractivity contribution in [1.29, 1.82) is 0 Å². The van der Waals surface area contributed by atoms with Crippen LogP contribution in [-0.4, -0.2) is 61.5 Å². The molecule has 0 atom stereocenters. The monoisotopic (exact) mass is 321 g/mol. The summed E-state index contributed by atoms with van der Waals surface area (Å²) in [6.45, 7) is 6.83. The van der Waals surface area contributed by atoms with Crippen LogP contribution >= 0.6 is 11.6 Å². The molecule has 1 aromatic rings. The Kier molecular flexibility index (Phi) is 5.21. The lowest BCUT2D eigenvalue weighted by Crippen LogP contribution is -2.47. The summed E-state index contributed by atoms with van der Waals surface area (Å²) in [4.78, 5) is 18.9. The zero-order valence-electron chi connectivity index (χ0n) is 13.0. The van der Waals surface area contributed by atoms with Crippen molar-refractivity contribution in [1.82, 2.24) is 9.80 Å². The molecule has 2 heterocycles. The molecule has 0 N–H and O–H groups in total. The molecule has 5 heteroatoms. The van der Waals surface area contributed by atoms with Crippen molar-refractivity contribution >= 4 is 23.2 Å². The van der Waals surface area contributed by atoms with E-state index >= 15 is 0 Å². The van der Waals surface area contributed by atoms with Gasteiger partial charge in [-0.05, 0) is 31.0 Å². The van der Waals surface area contributed by atoms with E-state index in [9.17, 15) is 4.79 Å². The van der Waals surface area contributed by atoms with Crippen LogP contribution in [0.15, 0.2) is 24.3 Å². The maximum absolute atomic E-state index is 12.1. The van der Waals surface area contributed by atoms with E-state index in [1.165, 1.54) is 18.5 Å². The zero-order chi connectivity index (χ0) is 15.4. The molecule has 0 saturated carbocycles. The van der Waals surface area contributed by atoms with Crippen molar-refractivity contribution in [3.8, 4) is 0 Å². The van der Waals surface area contributed by atoms with Gasteiger partial charge < -0.3 is 9.80 Å². The summed E-state index contributed by atoms with van der Waals surface area (Å²) in [6, 6.07) is 8.04. The summed E-state index contributed by atoms with van der Waals surface area (Å²) in [5, 5.41) is 0.788. The van der Waals surface area contributed by atoms with E-state index in [2.05, 4.69) is 15.9 Å². The van der Waals surface area contributed by atoms with Gasteiger partial charge in [-0.2, -0.15) is 0 Å². The topological polar surface area (TPSA) is 26.8 Å². The van der Waals surface area contributed by atoms with Crippen LogP contribution in [0.5, 0.6) is 0 Å². The van der Waals surface area contributed by atoms with E-state index in [1.54, 1.807) is 0 Å². The highest BCUT2D eigenvalue weighted by Crippen LogP contribution is 2.20. The minimum atomic E-state index is 0.328. The third-order valence-corrected chi connectivity index (χ3v) is 4.88. The first kappa shape index (κ1) is 15.6. The normalized spacial score (nSPS) is 19.7. The maximum Gasteiger partial charge on any atom is 0.223 e. The van der Waals surface area contributed by atoms with E-state index in [1.807, 2.05) is 23.1 Å². The third kappa shape index (κ3) is 3.93. The SMILES string of the molecule is O=C(CCN1CCN(c2cccc(Cl)c2)CC1)N1CCCC1. The fourth-order valence-electron chi connectivity index (χ4n) is 3.28. The van der Waals surface area contributed by atoms with Crippen LogP contribution in [0, 0.1) is 0 Å². The van der Waals surface area contributed by atoms with Gasteiger partial charge >= 0.3 is 0 Å². The second-order valence-corrected chi connectivity index (χ2v) is 6.58. The van der Waals surface area contributed by atoms with Gasteiger partial charge in [0.05, 0.1) is 0 Å². The predicted molar refractivity (Wildman–Crippen MR) is 90.5 cm³/mol. The van der Waals surface area contributed by atoms with E-state index in [-0.39, 0.29) is 0 Å². The Bertz CT molecular complexity index is 508. The molecule has 2 fully saturated rings. The summed E-state index contributed by atoms with van der Waals surface area (Å²) >= 11 is 6.06. The van der Waals surface area contributed by atoms with Crippen LogP contribution in [0.4, 0.5) is 5.69 Å². The Morgan fingerprint density at radius 3 is 2.45 bits per heavy atom. The van der Waals surface area contributed by atoms with Gasteiger partial charge in [-0.1, -0.05) is 17.7 Å². The van der Waals surface area contributed by atoms with Crippen LogP contribution in [-0.2, 0) is 4.79 Å². The lowest BCUT2D eigenvalue weighted by molar-refractivity contribution is -0.130. The fourth-order valence-corrected chi connectivity index (χ4v) is 3.47. The molecule has 0 radical (unpaired) electrons. The van der Waals surface area contributed by atoms with Gasteiger partial charge in [-0.15, -0.1) is 0 Å². The van der Waals surface area contributed by atoms with Crippen molar-refractivity contribution in [2.24, 2.45) is 0 Å². The Morgan fingerprint density at radius 1 is 1.05 bits per heavy atom. The smallest absolute Gasteiger partial charge is 0.223 e. The van der Waals surface area contributed by atoms with Crippen molar-refractivity contribution in [2.45, 2.75) is 19.3 Å². The predicted octanol–water partition coefficient (Wildman–Crippen LogP) is 2.47. The number of anilines is 1. The highest BCUT2D eigenvalue weighted by Gasteiger charge is 2.21. The van der Waals surface area contributed by atoms with Crippen molar-refractivity contribution in [3.05, 3.63) is 29.3 Å². The lowest BCUT2D eigenvalue weighted by atomic mass is 10.2. The second-order valence-electron chi connectivity index (χ2n) is 6.15. The first-order chi connectivity index (χ1) is 10.7. The van der Waals surface area contributed by atoms with Crippen molar-refractivity contribution in [2.75, 3.05) is 50.7 Å². The number of amides is 1. The molecule has 0 aromatic heterocycles. The van der Waals surface area contributed by atoms with Gasteiger partial charge in [0.2, 0.25) is 5.91 Å². The van der Waals surface area contributed by atoms with Gasteiger partial charge in [0.25, 0.3) is 0 Å². The maximum atomic E-state index is 12.1. The highest BCUT2D eigenvalue weighted by atomic mass is 35.5. The largest absolute Gasteiger partial charge is 0.369 e. The molecule has 0 bridgehead atoms. The minimum absolute atomic E-state index is 0.328. The number of likely N-dealkylation sites (tertiary alicyclic amines) is 1. The molecule has 0 unspecified atom stereocenters. The van der Waals surface area contributed by atoms with Crippen LogP contribution < -0.4 is 4.90 Å². The number of carbonyl (C=O) groups excluding carboxylic acids is 1. The fraction of sp³-hybridized carbons (Fsp3) is 0.588. The molecule has 120 valence electrons. The van der Waals surface area contributed by atoms with Gasteiger partial charge in [-0.25, -0.2) is 0 Å². The van der Waals surface area contributed by atoms with E-state index < -0.39 is 0 Å². The van der Waals surface area contributed by atoms with Gasteiger partial charge in [0.15, 0.2) is 0 Å². The van der Waals surface area contributed by atoms with Crippen molar-refractivity contribution < 1.29 is 4.79 Å². The molecule has 3 rings (SSSR count). The summed E-state index contributed by atoms with van der Waals surface area (Å²) in [7, 11) is 0. The van der Waals surface area contributed by atoms with Gasteiger partial charge in [0, 0.05) is 62.9 Å². The number of benzene rings is 1. The number of carbonyl (C=O) groups is 1. The number of halogens is 1. The van der Waals surface area contributed by atoms with Gasteiger partial charge in [0.1, 0.15) is 0 Å². The number of hydrogen-bond acceptors (Lipinski definition) is 3. The number of rotatable bonds is 4. The number of piperazine rings is 1. The molecular formula is C17H24ClN3O. The quantitative estimate of drug-likeness (QED) is 0.852. The molecular weight excluding hydrogens is 298 g/mol. The molecule has 1 amide bonds. The van der Waals surface area contributed by atoms with E-state index in [0.29, 0.717) is 12.3 Å². The van der Waals surface area contributed by atoms with E-state index in [4.69, 9.17) is 11.6 Å². The van der Waals surface area contributed by atoms with Crippen LogP contribution in [0.3, 0.4) is 0 Å². The second kappa shape index (κ2) is 7.34. The van der Waals surface area contributed by atoms with Crippen molar-refractivity contribution in [3.63, 3.8) is 0 Å². The summed E-state index contributed by atoms with van der Waals surface area (Å²) in [6.07, 6.45) is 3.01. The molecule has 4 nitrogen and oxygen atoms in total. The zero-order valence-corrected chi connectivity index (χ0v) is 13.8. The molecule has 2 aliphatic rings. The summed E-state index contributed by atoms with van der Waals surface area (Å²) in [5.41, 5.74) is 1.19. The number of hydrogen-bond donors (Lipinski definition) is 0. The van der Waals surface area contributed by atoms with Crippen LogP contribution in [0.1, 0.15) is 19.3 Å². The Hall–Kier alpha value is -1.26. The average molecular weight is 322 g/mol. The Morgan fingerprint density at radius 2 is 1.77 bits per heavy atom. The first-order valence-electron chi connectivity index (χ1n) is 8.23. The molecule has 0 spiro atoms.